The standard InChI is InChI=1S/C10H12N4O2/c11-8-6-13-14-9(8)10(15)12-4-3-7-2-1-5-16-7/h1-2,5-6H,3-4,11H2,(H,12,15)(H,13,14). The lowest BCUT2D eigenvalue weighted by atomic mass is 10.3. The second-order valence-corrected chi connectivity index (χ2v) is 3.29. The number of nitrogen functional groups attached to an aromatic ring is 1. The third kappa shape index (κ3) is 2.22. The van der Waals surface area contributed by atoms with Crippen molar-refractivity contribution in [1.82, 2.24) is 15.5 Å². The molecule has 2 aromatic rings. The number of hydrogen-bond acceptors (Lipinski definition) is 4. The minimum Gasteiger partial charge on any atom is -0.469 e. The van der Waals surface area contributed by atoms with Crippen molar-refractivity contribution >= 4 is 11.6 Å². The number of carbonyl (C=O) groups excluding carboxylic acids is 1. The number of nitrogens with two attached hydrogens (primary N) is 1. The van der Waals surface area contributed by atoms with Crippen LogP contribution in [0.25, 0.3) is 0 Å². The van der Waals surface area contributed by atoms with Crippen molar-refractivity contribution in [2.75, 3.05) is 12.3 Å². The molecule has 4 N–H and O–H groups in total. The topological polar surface area (TPSA) is 96.9 Å². The maximum atomic E-state index is 11.6. The molecule has 6 nitrogen and oxygen atoms in total. The number of rotatable bonds is 4. The maximum absolute atomic E-state index is 11.6. The molecule has 1 amide bonds. The van der Waals surface area contributed by atoms with Gasteiger partial charge in [0.2, 0.25) is 0 Å². The van der Waals surface area contributed by atoms with E-state index in [-0.39, 0.29) is 5.91 Å². The summed E-state index contributed by atoms with van der Waals surface area (Å²) in [6.45, 7) is 0.491. The van der Waals surface area contributed by atoms with E-state index in [1.807, 2.05) is 12.1 Å². The number of anilines is 1. The van der Waals surface area contributed by atoms with E-state index < -0.39 is 0 Å². The third-order valence-corrected chi connectivity index (χ3v) is 2.13. The summed E-state index contributed by atoms with van der Waals surface area (Å²) in [5.41, 5.74) is 6.17. The lowest BCUT2D eigenvalue weighted by Gasteiger charge is -2.02. The highest BCUT2D eigenvalue weighted by Crippen LogP contribution is 2.05. The van der Waals surface area contributed by atoms with Gasteiger partial charge in [0.15, 0.2) is 0 Å². The molecule has 2 aromatic heterocycles. The Morgan fingerprint density at radius 3 is 3.12 bits per heavy atom. The van der Waals surface area contributed by atoms with Crippen LogP contribution in [-0.2, 0) is 6.42 Å². The van der Waals surface area contributed by atoms with Gasteiger partial charge in [0.1, 0.15) is 11.5 Å². The zero-order chi connectivity index (χ0) is 11.4. The summed E-state index contributed by atoms with van der Waals surface area (Å²) in [6.07, 6.45) is 3.65. The van der Waals surface area contributed by atoms with Gasteiger partial charge in [0, 0.05) is 13.0 Å². The minimum absolute atomic E-state index is 0.262. The van der Waals surface area contributed by atoms with Crippen molar-refractivity contribution in [1.29, 1.82) is 0 Å². The Morgan fingerprint density at radius 2 is 2.50 bits per heavy atom. The molecular formula is C10H12N4O2. The molecule has 0 fully saturated rings. The van der Waals surface area contributed by atoms with Gasteiger partial charge in [-0.15, -0.1) is 0 Å². The van der Waals surface area contributed by atoms with Gasteiger partial charge < -0.3 is 15.5 Å². The smallest absolute Gasteiger partial charge is 0.271 e. The van der Waals surface area contributed by atoms with Crippen LogP contribution >= 0.6 is 0 Å². The Labute approximate surface area is 91.8 Å². The van der Waals surface area contributed by atoms with Crippen molar-refractivity contribution < 1.29 is 9.21 Å². The molecule has 84 valence electrons. The number of aromatic amines is 1. The molecule has 0 radical (unpaired) electrons. The molecule has 0 aromatic carbocycles. The molecule has 0 unspecified atom stereocenters. The van der Waals surface area contributed by atoms with Crippen LogP contribution in [0.15, 0.2) is 29.0 Å². The predicted molar refractivity (Wildman–Crippen MR) is 57.7 cm³/mol. The van der Waals surface area contributed by atoms with Gasteiger partial charge in [-0.3, -0.25) is 9.89 Å². The van der Waals surface area contributed by atoms with Crippen LogP contribution in [0.4, 0.5) is 5.69 Å². The molecule has 0 aliphatic carbocycles. The Hall–Kier alpha value is -2.24. The Balaban J connectivity index is 1.83. The summed E-state index contributed by atoms with van der Waals surface area (Å²) >= 11 is 0. The zero-order valence-electron chi connectivity index (χ0n) is 8.56. The highest BCUT2D eigenvalue weighted by atomic mass is 16.3. The average Bonchev–Trinajstić information content (AvgIpc) is 2.88. The van der Waals surface area contributed by atoms with E-state index in [1.165, 1.54) is 6.20 Å². The number of nitrogens with one attached hydrogen (secondary N) is 2. The lowest BCUT2D eigenvalue weighted by Crippen LogP contribution is -2.26. The van der Waals surface area contributed by atoms with Gasteiger partial charge in [0.05, 0.1) is 18.1 Å². The van der Waals surface area contributed by atoms with E-state index in [0.29, 0.717) is 24.3 Å². The fraction of sp³-hybridized carbons (Fsp3) is 0.200. The van der Waals surface area contributed by atoms with E-state index in [2.05, 4.69) is 15.5 Å². The van der Waals surface area contributed by atoms with Crippen LogP contribution < -0.4 is 11.1 Å². The van der Waals surface area contributed by atoms with E-state index in [1.54, 1.807) is 6.26 Å². The van der Waals surface area contributed by atoms with Gasteiger partial charge in [0.25, 0.3) is 5.91 Å². The van der Waals surface area contributed by atoms with Gasteiger partial charge >= 0.3 is 0 Å². The third-order valence-electron chi connectivity index (χ3n) is 2.13. The first kappa shape index (κ1) is 10.3. The van der Waals surface area contributed by atoms with Crippen LogP contribution in [-0.4, -0.2) is 22.6 Å². The Kier molecular flexibility index (Phi) is 2.90. The van der Waals surface area contributed by atoms with Crippen molar-refractivity contribution in [2.24, 2.45) is 0 Å². The van der Waals surface area contributed by atoms with E-state index in [9.17, 15) is 4.79 Å². The monoisotopic (exact) mass is 220 g/mol. The Bertz CT molecular complexity index is 461. The van der Waals surface area contributed by atoms with Crippen LogP contribution in [0, 0.1) is 0 Å². The molecule has 0 bridgehead atoms. The molecule has 0 aliphatic heterocycles. The summed E-state index contributed by atoms with van der Waals surface area (Å²) in [5.74, 6) is 0.569. The molecule has 0 aliphatic rings. The van der Waals surface area contributed by atoms with Gasteiger partial charge in [-0.2, -0.15) is 5.10 Å². The number of furan rings is 1. The number of carbonyl (C=O) groups is 1. The summed E-state index contributed by atoms with van der Waals surface area (Å²) in [7, 11) is 0. The molecule has 0 saturated heterocycles. The van der Waals surface area contributed by atoms with Crippen molar-refractivity contribution in [3.63, 3.8) is 0 Å². The lowest BCUT2D eigenvalue weighted by molar-refractivity contribution is 0.0949. The fourth-order valence-corrected chi connectivity index (χ4v) is 1.32. The van der Waals surface area contributed by atoms with Crippen LogP contribution in [0.5, 0.6) is 0 Å². The van der Waals surface area contributed by atoms with Crippen LogP contribution in [0.3, 0.4) is 0 Å². The van der Waals surface area contributed by atoms with E-state index in [4.69, 9.17) is 10.2 Å². The highest BCUT2D eigenvalue weighted by Gasteiger charge is 2.10. The van der Waals surface area contributed by atoms with Gasteiger partial charge in [-0.1, -0.05) is 0 Å². The molecule has 2 heterocycles. The second kappa shape index (κ2) is 4.52. The molecule has 0 atom stereocenters. The molecular weight excluding hydrogens is 208 g/mol. The number of aromatic nitrogens is 2. The number of hydrogen-bond donors (Lipinski definition) is 3. The second-order valence-electron chi connectivity index (χ2n) is 3.29. The largest absolute Gasteiger partial charge is 0.469 e. The summed E-state index contributed by atoms with van der Waals surface area (Å²) < 4.78 is 5.13. The number of H-pyrrole nitrogens is 1. The first-order valence-electron chi connectivity index (χ1n) is 4.87. The van der Waals surface area contributed by atoms with Crippen molar-refractivity contribution in [2.45, 2.75) is 6.42 Å². The first-order valence-corrected chi connectivity index (χ1v) is 4.87. The normalized spacial score (nSPS) is 10.2. The van der Waals surface area contributed by atoms with Gasteiger partial charge in [-0.05, 0) is 12.1 Å². The van der Waals surface area contributed by atoms with Crippen molar-refractivity contribution in [3.05, 3.63) is 36.0 Å². The zero-order valence-corrected chi connectivity index (χ0v) is 8.56. The van der Waals surface area contributed by atoms with Gasteiger partial charge in [-0.25, -0.2) is 0 Å². The first-order chi connectivity index (χ1) is 7.77. The Morgan fingerprint density at radius 1 is 1.62 bits per heavy atom. The molecule has 6 heteroatoms. The maximum Gasteiger partial charge on any atom is 0.271 e. The molecule has 0 spiro atoms. The minimum atomic E-state index is -0.262. The summed E-state index contributed by atoms with van der Waals surface area (Å²) in [4.78, 5) is 11.6. The van der Waals surface area contributed by atoms with Crippen LogP contribution in [0.2, 0.25) is 0 Å². The van der Waals surface area contributed by atoms with E-state index >= 15 is 0 Å². The number of amides is 1. The summed E-state index contributed by atoms with van der Waals surface area (Å²) in [6, 6.07) is 3.67. The average molecular weight is 220 g/mol. The summed E-state index contributed by atoms with van der Waals surface area (Å²) in [5, 5.41) is 8.92. The quantitative estimate of drug-likeness (QED) is 0.701. The molecule has 16 heavy (non-hydrogen) atoms. The predicted octanol–water partition coefficient (Wildman–Crippen LogP) is 0.557. The molecule has 2 rings (SSSR count). The number of nitrogens with zero attached hydrogens (tertiary/aromatic N) is 1. The fourth-order valence-electron chi connectivity index (χ4n) is 1.32. The van der Waals surface area contributed by atoms with E-state index in [0.717, 1.165) is 5.76 Å². The highest BCUT2D eigenvalue weighted by molar-refractivity contribution is 5.96. The molecule has 0 saturated carbocycles. The van der Waals surface area contributed by atoms with Crippen molar-refractivity contribution in [3.8, 4) is 0 Å². The van der Waals surface area contributed by atoms with Crippen LogP contribution in [0.1, 0.15) is 16.2 Å². The SMILES string of the molecule is Nc1cn[nH]c1C(=O)NCCc1ccco1.